The van der Waals surface area contributed by atoms with Gasteiger partial charge in [0.1, 0.15) is 0 Å². The molecule has 3 N–H and O–H groups in total. The molecule has 0 aromatic heterocycles. The zero-order valence-corrected chi connectivity index (χ0v) is 13.2. The Labute approximate surface area is 129 Å². The minimum absolute atomic E-state index is 0.00911. The molecular formula is C17H20N2OS. The van der Waals surface area contributed by atoms with Crippen molar-refractivity contribution in [3.8, 4) is 0 Å². The number of aryl methyl sites for hydroxylation is 2. The molecule has 0 aliphatic carbocycles. The number of amides is 1. The van der Waals surface area contributed by atoms with Crippen LogP contribution in [0.4, 0.5) is 11.4 Å². The highest BCUT2D eigenvalue weighted by Gasteiger charge is 2.06. The molecule has 0 radical (unpaired) electrons. The smallest absolute Gasteiger partial charge is 0.225 e. The maximum absolute atomic E-state index is 11.9. The molecule has 0 fully saturated rings. The molecule has 0 saturated heterocycles. The number of nitrogens with two attached hydrogens (primary N) is 1. The van der Waals surface area contributed by atoms with Gasteiger partial charge >= 0.3 is 0 Å². The van der Waals surface area contributed by atoms with E-state index in [1.165, 1.54) is 16.0 Å². The van der Waals surface area contributed by atoms with Crippen LogP contribution in [0.5, 0.6) is 0 Å². The molecule has 0 heterocycles. The number of carbonyl (C=O) groups is 1. The zero-order chi connectivity index (χ0) is 15.2. The number of rotatable bonds is 5. The average Bonchev–Trinajstić information content (AvgIpc) is 2.44. The van der Waals surface area contributed by atoms with E-state index in [1.54, 1.807) is 17.8 Å². The highest BCUT2D eigenvalue weighted by Crippen LogP contribution is 2.24. The normalized spacial score (nSPS) is 10.4. The van der Waals surface area contributed by atoms with Gasteiger partial charge in [0.15, 0.2) is 0 Å². The lowest BCUT2D eigenvalue weighted by Gasteiger charge is -2.09. The van der Waals surface area contributed by atoms with Gasteiger partial charge < -0.3 is 11.1 Å². The van der Waals surface area contributed by atoms with E-state index in [0.717, 1.165) is 5.75 Å². The van der Waals surface area contributed by atoms with Crippen molar-refractivity contribution in [2.75, 3.05) is 16.8 Å². The zero-order valence-electron chi connectivity index (χ0n) is 12.3. The molecule has 4 heteroatoms. The monoisotopic (exact) mass is 300 g/mol. The first kappa shape index (κ1) is 15.4. The van der Waals surface area contributed by atoms with Gasteiger partial charge in [0.25, 0.3) is 0 Å². The number of hydrogen-bond donors (Lipinski definition) is 2. The molecule has 3 nitrogen and oxygen atoms in total. The average molecular weight is 300 g/mol. The van der Waals surface area contributed by atoms with E-state index in [-0.39, 0.29) is 5.91 Å². The van der Waals surface area contributed by atoms with Crippen LogP contribution in [-0.4, -0.2) is 11.7 Å². The van der Waals surface area contributed by atoms with E-state index in [9.17, 15) is 4.79 Å². The van der Waals surface area contributed by atoms with Crippen molar-refractivity contribution >= 4 is 29.0 Å². The van der Waals surface area contributed by atoms with Crippen LogP contribution in [0.15, 0.2) is 47.4 Å². The first-order valence-corrected chi connectivity index (χ1v) is 7.89. The van der Waals surface area contributed by atoms with E-state index in [1.807, 2.05) is 18.2 Å². The Kier molecular flexibility index (Phi) is 5.28. The number of thioether (sulfide) groups is 1. The number of anilines is 2. The number of carbonyl (C=O) groups excluding carboxylic acids is 1. The second kappa shape index (κ2) is 7.18. The summed E-state index contributed by atoms with van der Waals surface area (Å²) >= 11 is 1.71. The number of benzene rings is 2. The van der Waals surface area contributed by atoms with Crippen molar-refractivity contribution < 1.29 is 4.79 Å². The summed E-state index contributed by atoms with van der Waals surface area (Å²) in [4.78, 5) is 13.1. The quantitative estimate of drug-likeness (QED) is 0.648. The maximum Gasteiger partial charge on any atom is 0.225 e. The maximum atomic E-state index is 11.9. The first-order valence-electron chi connectivity index (χ1n) is 6.90. The van der Waals surface area contributed by atoms with Crippen molar-refractivity contribution in [3.05, 3.63) is 53.6 Å². The van der Waals surface area contributed by atoms with Crippen LogP contribution >= 0.6 is 11.8 Å². The van der Waals surface area contributed by atoms with Gasteiger partial charge in [-0.1, -0.05) is 29.8 Å². The molecule has 0 aliphatic heterocycles. The minimum atomic E-state index is -0.00911. The lowest BCUT2D eigenvalue weighted by molar-refractivity contribution is -0.115. The fourth-order valence-electron chi connectivity index (χ4n) is 2.04. The van der Waals surface area contributed by atoms with Crippen molar-refractivity contribution in [1.82, 2.24) is 0 Å². The molecule has 0 atom stereocenters. The van der Waals surface area contributed by atoms with E-state index < -0.39 is 0 Å². The molecule has 2 aromatic carbocycles. The Morgan fingerprint density at radius 2 is 1.95 bits per heavy atom. The van der Waals surface area contributed by atoms with Gasteiger partial charge in [-0.2, -0.15) is 0 Å². The number of para-hydroxylation sites is 2. The summed E-state index contributed by atoms with van der Waals surface area (Å²) in [6.45, 7) is 4.18. The van der Waals surface area contributed by atoms with Gasteiger partial charge in [-0.15, -0.1) is 11.8 Å². The fourth-order valence-corrected chi connectivity index (χ4v) is 3.00. The molecule has 0 saturated carbocycles. The molecule has 0 unspecified atom stereocenters. The Hall–Kier alpha value is -1.94. The van der Waals surface area contributed by atoms with Crippen LogP contribution in [0.3, 0.4) is 0 Å². The van der Waals surface area contributed by atoms with Crippen LogP contribution < -0.4 is 11.1 Å². The Bertz CT molecular complexity index is 640. The van der Waals surface area contributed by atoms with E-state index in [2.05, 4.69) is 37.4 Å². The van der Waals surface area contributed by atoms with Gasteiger partial charge in [-0.25, -0.2) is 0 Å². The van der Waals surface area contributed by atoms with E-state index >= 15 is 0 Å². The molecule has 0 bridgehead atoms. The molecule has 0 aliphatic rings. The Balaban J connectivity index is 1.83. The SMILES string of the molecule is Cc1ccc(SCCC(=O)Nc2ccccc2N)c(C)c1. The van der Waals surface area contributed by atoms with Crippen molar-refractivity contribution in [3.63, 3.8) is 0 Å². The van der Waals surface area contributed by atoms with Crippen LogP contribution in [-0.2, 0) is 4.79 Å². The predicted octanol–water partition coefficient (Wildman–Crippen LogP) is 4.01. The summed E-state index contributed by atoms with van der Waals surface area (Å²) in [5.41, 5.74) is 9.59. The molecule has 110 valence electrons. The topological polar surface area (TPSA) is 55.1 Å². The minimum Gasteiger partial charge on any atom is -0.397 e. The third-order valence-electron chi connectivity index (χ3n) is 3.15. The standard InChI is InChI=1S/C17H20N2OS/c1-12-7-8-16(13(2)11-12)21-10-9-17(20)19-15-6-4-3-5-14(15)18/h3-8,11H,9-10,18H2,1-2H3,(H,19,20). The largest absolute Gasteiger partial charge is 0.397 e. The molecule has 0 spiro atoms. The third kappa shape index (κ3) is 4.53. The van der Waals surface area contributed by atoms with E-state index in [0.29, 0.717) is 17.8 Å². The fraction of sp³-hybridized carbons (Fsp3) is 0.235. The summed E-state index contributed by atoms with van der Waals surface area (Å²) < 4.78 is 0. The molecule has 2 aromatic rings. The van der Waals surface area contributed by atoms with Crippen LogP contribution in [0, 0.1) is 13.8 Å². The van der Waals surface area contributed by atoms with Gasteiger partial charge in [-0.05, 0) is 37.6 Å². The summed E-state index contributed by atoms with van der Waals surface area (Å²) in [5, 5.41) is 2.84. The van der Waals surface area contributed by atoms with Gasteiger partial charge in [0.05, 0.1) is 11.4 Å². The van der Waals surface area contributed by atoms with Crippen molar-refractivity contribution in [1.29, 1.82) is 0 Å². The van der Waals surface area contributed by atoms with Crippen LogP contribution in [0.1, 0.15) is 17.5 Å². The summed E-state index contributed by atoms with van der Waals surface area (Å²) in [6, 6.07) is 13.7. The van der Waals surface area contributed by atoms with Crippen molar-refractivity contribution in [2.24, 2.45) is 0 Å². The van der Waals surface area contributed by atoms with Gasteiger partial charge in [0, 0.05) is 17.1 Å². The lowest BCUT2D eigenvalue weighted by Crippen LogP contribution is -2.13. The molecule has 1 amide bonds. The summed E-state index contributed by atoms with van der Waals surface area (Å²) in [5.74, 6) is 0.743. The van der Waals surface area contributed by atoms with Crippen LogP contribution in [0.25, 0.3) is 0 Å². The van der Waals surface area contributed by atoms with Gasteiger partial charge in [0.2, 0.25) is 5.91 Å². The highest BCUT2D eigenvalue weighted by molar-refractivity contribution is 7.99. The third-order valence-corrected chi connectivity index (χ3v) is 4.33. The number of hydrogen-bond acceptors (Lipinski definition) is 3. The molecule has 21 heavy (non-hydrogen) atoms. The predicted molar refractivity (Wildman–Crippen MR) is 90.7 cm³/mol. The second-order valence-corrected chi connectivity index (χ2v) is 6.14. The lowest BCUT2D eigenvalue weighted by atomic mass is 10.2. The second-order valence-electron chi connectivity index (χ2n) is 5.00. The molecular weight excluding hydrogens is 280 g/mol. The van der Waals surface area contributed by atoms with E-state index in [4.69, 9.17) is 5.73 Å². The number of nitrogen functional groups attached to an aromatic ring is 1. The van der Waals surface area contributed by atoms with Crippen molar-refractivity contribution in [2.45, 2.75) is 25.2 Å². The Morgan fingerprint density at radius 1 is 1.19 bits per heavy atom. The van der Waals surface area contributed by atoms with Gasteiger partial charge in [-0.3, -0.25) is 4.79 Å². The summed E-state index contributed by atoms with van der Waals surface area (Å²) in [7, 11) is 0. The Morgan fingerprint density at radius 3 is 2.67 bits per heavy atom. The molecule has 2 rings (SSSR count). The highest BCUT2D eigenvalue weighted by atomic mass is 32.2. The number of nitrogens with one attached hydrogen (secondary N) is 1. The first-order chi connectivity index (χ1) is 10.1. The van der Waals surface area contributed by atoms with Crippen LogP contribution in [0.2, 0.25) is 0 Å². The summed E-state index contributed by atoms with van der Waals surface area (Å²) in [6.07, 6.45) is 0.465.